The molecule has 1 saturated carbocycles. The minimum Gasteiger partial charge on any atom is -0.382 e. The third-order valence-corrected chi connectivity index (χ3v) is 3.46. The van der Waals surface area contributed by atoms with Crippen LogP contribution in [0.15, 0.2) is 0 Å². The Kier molecular flexibility index (Phi) is 7.87. The molecule has 0 aromatic heterocycles. The van der Waals surface area contributed by atoms with Crippen molar-refractivity contribution in [2.45, 2.75) is 64.9 Å². The van der Waals surface area contributed by atoms with Gasteiger partial charge in [-0.1, -0.05) is 19.8 Å². The van der Waals surface area contributed by atoms with E-state index in [2.05, 4.69) is 13.8 Å². The first-order valence-electron chi connectivity index (χ1n) is 7.02. The summed E-state index contributed by atoms with van der Waals surface area (Å²) in [5.41, 5.74) is 0. The van der Waals surface area contributed by atoms with Crippen LogP contribution in [0.1, 0.15) is 58.8 Å². The molecule has 1 fully saturated rings. The fraction of sp³-hybridized carbons (Fsp3) is 1.00. The monoisotopic (exact) mass is 228 g/mol. The molecule has 0 aliphatic heterocycles. The summed E-state index contributed by atoms with van der Waals surface area (Å²) >= 11 is 0. The lowest BCUT2D eigenvalue weighted by atomic mass is 10.0. The molecule has 0 aromatic carbocycles. The maximum absolute atomic E-state index is 5.85. The second kappa shape index (κ2) is 9.00. The van der Waals surface area contributed by atoms with Gasteiger partial charge in [0.05, 0.1) is 6.10 Å². The predicted molar refractivity (Wildman–Crippen MR) is 67.7 cm³/mol. The molecule has 2 nitrogen and oxygen atoms in total. The first kappa shape index (κ1) is 14.0. The zero-order valence-electron chi connectivity index (χ0n) is 11.0. The summed E-state index contributed by atoms with van der Waals surface area (Å²) in [6.07, 6.45) is 9.59. The second-order valence-corrected chi connectivity index (χ2v) is 5.01. The molecule has 2 heteroatoms. The van der Waals surface area contributed by atoms with Crippen LogP contribution in [0, 0.1) is 5.92 Å². The SMILES string of the molecule is CCOCCC(C)CCCOC1CCCC1. The van der Waals surface area contributed by atoms with Gasteiger partial charge >= 0.3 is 0 Å². The van der Waals surface area contributed by atoms with Gasteiger partial charge in [0.25, 0.3) is 0 Å². The number of hydrogen-bond acceptors (Lipinski definition) is 2. The van der Waals surface area contributed by atoms with Crippen LogP contribution in [0.25, 0.3) is 0 Å². The van der Waals surface area contributed by atoms with Crippen LogP contribution in [0.2, 0.25) is 0 Å². The maximum atomic E-state index is 5.85. The fourth-order valence-corrected chi connectivity index (χ4v) is 2.31. The molecule has 1 rings (SSSR count). The van der Waals surface area contributed by atoms with E-state index in [1.165, 1.54) is 44.9 Å². The Bertz CT molecular complexity index is 153. The molecular formula is C14H28O2. The Morgan fingerprint density at radius 3 is 2.56 bits per heavy atom. The van der Waals surface area contributed by atoms with Crippen LogP contribution < -0.4 is 0 Å². The summed E-state index contributed by atoms with van der Waals surface area (Å²) < 4.78 is 11.2. The Labute approximate surface area is 101 Å². The summed E-state index contributed by atoms with van der Waals surface area (Å²) in [4.78, 5) is 0. The summed E-state index contributed by atoms with van der Waals surface area (Å²) in [7, 11) is 0. The van der Waals surface area contributed by atoms with Crippen LogP contribution in [0.3, 0.4) is 0 Å². The van der Waals surface area contributed by atoms with Crippen molar-refractivity contribution < 1.29 is 9.47 Å². The fourth-order valence-electron chi connectivity index (χ4n) is 2.31. The van der Waals surface area contributed by atoms with Crippen LogP contribution in [0.5, 0.6) is 0 Å². The zero-order valence-corrected chi connectivity index (χ0v) is 11.0. The normalized spacial score (nSPS) is 19.1. The minimum absolute atomic E-state index is 0.582. The topological polar surface area (TPSA) is 18.5 Å². The van der Waals surface area contributed by atoms with Gasteiger partial charge < -0.3 is 9.47 Å². The van der Waals surface area contributed by atoms with Gasteiger partial charge in [-0.2, -0.15) is 0 Å². The molecule has 16 heavy (non-hydrogen) atoms. The summed E-state index contributed by atoms with van der Waals surface area (Å²) in [5, 5.41) is 0. The average Bonchev–Trinajstić information content (AvgIpc) is 2.78. The molecule has 1 atom stereocenters. The van der Waals surface area contributed by atoms with Crippen molar-refractivity contribution in [2.24, 2.45) is 5.92 Å². The zero-order chi connectivity index (χ0) is 11.6. The van der Waals surface area contributed by atoms with Crippen molar-refractivity contribution in [1.29, 1.82) is 0 Å². The standard InChI is InChI=1S/C14H28O2/c1-3-15-12-10-13(2)7-6-11-16-14-8-4-5-9-14/h13-14H,3-12H2,1-2H3. The molecule has 0 bridgehead atoms. The van der Waals surface area contributed by atoms with E-state index in [9.17, 15) is 0 Å². The third-order valence-electron chi connectivity index (χ3n) is 3.46. The molecular weight excluding hydrogens is 200 g/mol. The van der Waals surface area contributed by atoms with Gasteiger partial charge in [0.2, 0.25) is 0 Å². The van der Waals surface area contributed by atoms with Crippen LogP contribution in [-0.2, 0) is 9.47 Å². The molecule has 1 unspecified atom stereocenters. The van der Waals surface area contributed by atoms with E-state index < -0.39 is 0 Å². The average molecular weight is 228 g/mol. The third kappa shape index (κ3) is 6.49. The van der Waals surface area contributed by atoms with Crippen molar-refractivity contribution in [1.82, 2.24) is 0 Å². The van der Waals surface area contributed by atoms with Crippen LogP contribution >= 0.6 is 0 Å². The van der Waals surface area contributed by atoms with E-state index in [4.69, 9.17) is 9.47 Å². The highest BCUT2D eigenvalue weighted by Crippen LogP contribution is 2.21. The molecule has 0 amide bonds. The number of rotatable bonds is 9. The lowest BCUT2D eigenvalue weighted by Crippen LogP contribution is -2.10. The lowest BCUT2D eigenvalue weighted by Gasteiger charge is -2.13. The molecule has 0 saturated heterocycles. The molecule has 1 aliphatic rings. The van der Waals surface area contributed by atoms with E-state index in [0.717, 1.165) is 25.7 Å². The Morgan fingerprint density at radius 2 is 1.88 bits per heavy atom. The lowest BCUT2D eigenvalue weighted by molar-refractivity contribution is 0.0529. The predicted octanol–water partition coefficient (Wildman–Crippen LogP) is 3.79. The van der Waals surface area contributed by atoms with E-state index in [1.807, 2.05) is 0 Å². The summed E-state index contributed by atoms with van der Waals surface area (Å²) in [6.45, 7) is 7.09. The van der Waals surface area contributed by atoms with Gasteiger partial charge in [-0.15, -0.1) is 0 Å². The summed E-state index contributed by atoms with van der Waals surface area (Å²) in [5.74, 6) is 0.777. The second-order valence-electron chi connectivity index (χ2n) is 5.01. The molecule has 1 aliphatic carbocycles. The molecule has 96 valence electrons. The van der Waals surface area contributed by atoms with Gasteiger partial charge in [0.15, 0.2) is 0 Å². The molecule has 0 spiro atoms. The smallest absolute Gasteiger partial charge is 0.0575 e. The van der Waals surface area contributed by atoms with E-state index in [-0.39, 0.29) is 0 Å². The Balaban J connectivity index is 1.85. The Morgan fingerprint density at radius 1 is 1.12 bits per heavy atom. The van der Waals surface area contributed by atoms with Gasteiger partial charge in [-0.25, -0.2) is 0 Å². The van der Waals surface area contributed by atoms with E-state index >= 15 is 0 Å². The molecule has 0 radical (unpaired) electrons. The number of ether oxygens (including phenoxy) is 2. The van der Waals surface area contributed by atoms with Gasteiger partial charge in [-0.05, 0) is 44.9 Å². The first-order valence-corrected chi connectivity index (χ1v) is 7.02. The van der Waals surface area contributed by atoms with Crippen molar-refractivity contribution in [2.75, 3.05) is 19.8 Å². The highest BCUT2D eigenvalue weighted by atomic mass is 16.5. The first-order chi connectivity index (χ1) is 7.83. The number of hydrogen-bond donors (Lipinski definition) is 0. The molecule has 0 aromatic rings. The van der Waals surface area contributed by atoms with Gasteiger partial charge in [-0.3, -0.25) is 0 Å². The minimum atomic E-state index is 0.582. The molecule has 0 N–H and O–H groups in total. The van der Waals surface area contributed by atoms with E-state index in [0.29, 0.717) is 6.10 Å². The van der Waals surface area contributed by atoms with Gasteiger partial charge in [0, 0.05) is 19.8 Å². The van der Waals surface area contributed by atoms with Crippen molar-refractivity contribution in [3.8, 4) is 0 Å². The largest absolute Gasteiger partial charge is 0.382 e. The highest BCUT2D eigenvalue weighted by Gasteiger charge is 2.14. The highest BCUT2D eigenvalue weighted by molar-refractivity contribution is 4.66. The molecule has 0 heterocycles. The van der Waals surface area contributed by atoms with Crippen molar-refractivity contribution in [3.63, 3.8) is 0 Å². The van der Waals surface area contributed by atoms with Crippen molar-refractivity contribution in [3.05, 3.63) is 0 Å². The van der Waals surface area contributed by atoms with Crippen LogP contribution in [0.4, 0.5) is 0 Å². The van der Waals surface area contributed by atoms with Gasteiger partial charge in [0.1, 0.15) is 0 Å². The van der Waals surface area contributed by atoms with E-state index in [1.54, 1.807) is 0 Å². The summed E-state index contributed by atoms with van der Waals surface area (Å²) in [6, 6.07) is 0. The van der Waals surface area contributed by atoms with Crippen molar-refractivity contribution >= 4 is 0 Å². The van der Waals surface area contributed by atoms with Crippen LogP contribution in [-0.4, -0.2) is 25.9 Å². The Hall–Kier alpha value is -0.0800. The maximum Gasteiger partial charge on any atom is 0.0575 e. The quantitative estimate of drug-likeness (QED) is 0.559.